The lowest BCUT2D eigenvalue weighted by atomic mass is 10.2. The zero-order valence-corrected chi connectivity index (χ0v) is 12.0. The molecule has 0 bridgehead atoms. The molecular weight excluding hydrogens is 264 g/mol. The number of carbonyl (C=O) groups is 1. The number of nitrogens with two attached hydrogens (primary N) is 1. The Bertz CT molecular complexity index is 424. The van der Waals surface area contributed by atoms with Crippen LogP contribution in [-0.4, -0.2) is 5.91 Å². The predicted molar refractivity (Wildman–Crippen MR) is 81.2 cm³/mol. The van der Waals surface area contributed by atoms with Crippen LogP contribution in [0.3, 0.4) is 0 Å². The van der Waals surface area contributed by atoms with Gasteiger partial charge < -0.3 is 11.1 Å². The van der Waals surface area contributed by atoms with E-state index < -0.39 is 0 Å². The molecule has 0 radical (unpaired) electrons. The lowest BCUT2D eigenvalue weighted by molar-refractivity contribution is -0.116. The fraction of sp³-hybridized carbons (Fsp3) is 0.308. The van der Waals surface area contributed by atoms with Crippen LogP contribution < -0.4 is 11.1 Å². The molecule has 0 aliphatic heterocycles. The highest BCUT2D eigenvalue weighted by molar-refractivity contribution is 7.08. The number of unbranched alkanes of at least 4 members (excludes halogenated alkanes) is 1. The first-order chi connectivity index (χ1) is 8.72. The molecule has 0 aliphatic carbocycles. The molecule has 1 amide bonds. The number of nitrogen functional groups attached to an aromatic ring is 1. The van der Waals surface area contributed by atoms with Gasteiger partial charge in [-0.3, -0.25) is 4.79 Å². The van der Waals surface area contributed by atoms with Crippen LogP contribution in [0.2, 0.25) is 0 Å². The summed E-state index contributed by atoms with van der Waals surface area (Å²) in [4.78, 5) is 11.2. The third kappa shape index (κ3) is 6.42. The van der Waals surface area contributed by atoms with Gasteiger partial charge in [0, 0.05) is 22.9 Å². The molecule has 5 heteroatoms. The summed E-state index contributed by atoms with van der Waals surface area (Å²) in [5, 5.41) is 10.6. The van der Waals surface area contributed by atoms with Crippen LogP contribution in [0.25, 0.3) is 0 Å². The van der Waals surface area contributed by atoms with Crippen LogP contribution in [0.1, 0.15) is 26.2 Å². The predicted octanol–water partition coefficient (Wildman–Crippen LogP) is 4.21. The number of amides is 1. The second-order valence-corrected chi connectivity index (χ2v) is 5.28. The van der Waals surface area contributed by atoms with Crippen molar-refractivity contribution < 1.29 is 4.79 Å². The van der Waals surface area contributed by atoms with Crippen molar-refractivity contribution in [2.75, 3.05) is 11.1 Å². The Balaban J connectivity index is 0.000000225. The van der Waals surface area contributed by atoms with E-state index in [1.165, 1.54) is 0 Å². The van der Waals surface area contributed by atoms with Crippen molar-refractivity contribution in [3.8, 4) is 0 Å². The maximum Gasteiger partial charge on any atom is 0.224 e. The van der Waals surface area contributed by atoms with Gasteiger partial charge in [0.25, 0.3) is 0 Å². The van der Waals surface area contributed by atoms with Crippen LogP contribution >= 0.6 is 22.7 Å². The summed E-state index contributed by atoms with van der Waals surface area (Å²) in [6, 6.07) is 3.79. The summed E-state index contributed by atoms with van der Waals surface area (Å²) in [5.41, 5.74) is 7.07. The van der Waals surface area contributed by atoms with Gasteiger partial charge in [-0.25, -0.2) is 0 Å². The van der Waals surface area contributed by atoms with E-state index in [2.05, 4.69) is 12.2 Å². The van der Waals surface area contributed by atoms with E-state index in [9.17, 15) is 4.79 Å². The van der Waals surface area contributed by atoms with E-state index in [0.717, 1.165) is 24.2 Å². The monoisotopic (exact) mass is 282 g/mol. The minimum absolute atomic E-state index is 0.121. The number of thiophene rings is 2. The minimum Gasteiger partial charge on any atom is -0.398 e. The zero-order valence-electron chi connectivity index (χ0n) is 10.4. The average Bonchev–Trinajstić information content (AvgIpc) is 3.01. The molecule has 2 heterocycles. The molecular formula is C13H18N2OS2. The summed E-state index contributed by atoms with van der Waals surface area (Å²) >= 11 is 3.21. The van der Waals surface area contributed by atoms with Crippen molar-refractivity contribution in [2.45, 2.75) is 26.2 Å². The number of rotatable bonds is 4. The SMILES string of the molecule is CCCCC(=O)Nc1ccsc1.Nc1ccsc1. The van der Waals surface area contributed by atoms with Crippen molar-refractivity contribution in [3.63, 3.8) is 0 Å². The average molecular weight is 282 g/mol. The second-order valence-electron chi connectivity index (χ2n) is 3.72. The molecule has 0 atom stereocenters. The van der Waals surface area contributed by atoms with Crippen molar-refractivity contribution >= 4 is 40.0 Å². The van der Waals surface area contributed by atoms with Crippen LogP contribution in [0.15, 0.2) is 33.7 Å². The molecule has 0 spiro atoms. The number of nitrogens with one attached hydrogen (secondary N) is 1. The van der Waals surface area contributed by atoms with E-state index in [4.69, 9.17) is 5.73 Å². The molecule has 0 saturated heterocycles. The summed E-state index contributed by atoms with van der Waals surface area (Å²) in [7, 11) is 0. The lowest BCUT2D eigenvalue weighted by Crippen LogP contribution is -2.09. The highest BCUT2D eigenvalue weighted by Gasteiger charge is 2.00. The van der Waals surface area contributed by atoms with Crippen LogP contribution in [0, 0.1) is 0 Å². The number of anilines is 2. The van der Waals surface area contributed by atoms with E-state index in [1.807, 2.05) is 33.7 Å². The van der Waals surface area contributed by atoms with Crippen molar-refractivity contribution in [1.82, 2.24) is 0 Å². The maximum absolute atomic E-state index is 11.2. The largest absolute Gasteiger partial charge is 0.398 e. The number of hydrogen-bond donors (Lipinski definition) is 2. The van der Waals surface area contributed by atoms with Gasteiger partial charge in [0.1, 0.15) is 0 Å². The quantitative estimate of drug-likeness (QED) is 0.882. The fourth-order valence-corrected chi connectivity index (χ4v) is 2.31. The Morgan fingerprint density at radius 3 is 2.44 bits per heavy atom. The third-order valence-electron chi connectivity index (χ3n) is 2.11. The molecule has 2 aromatic rings. The van der Waals surface area contributed by atoms with Gasteiger partial charge in [-0.05, 0) is 29.3 Å². The van der Waals surface area contributed by atoms with E-state index in [-0.39, 0.29) is 5.91 Å². The summed E-state index contributed by atoms with van der Waals surface area (Å²) in [5.74, 6) is 0.121. The molecule has 0 aromatic carbocycles. The maximum atomic E-state index is 11.2. The molecule has 0 saturated carbocycles. The highest BCUT2D eigenvalue weighted by Crippen LogP contribution is 2.12. The van der Waals surface area contributed by atoms with Crippen molar-refractivity contribution in [3.05, 3.63) is 33.7 Å². The van der Waals surface area contributed by atoms with Crippen LogP contribution in [0.4, 0.5) is 11.4 Å². The van der Waals surface area contributed by atoms with Crippen molar-refractivity contribution in [1.29, 1.82) is 0 Å². The van der Waals surface area contributed by atoms with Crippen LogP contribution in [0.5, 0.6) is 0 Å². The number of hydrogen-bond acceptors (Lipinski definition) is 4. The summed E-state index contributed by atoms with van der Waals surface area (Å²) < 4.78 is 0. The Morgan fingerprint density at radius 2 is 2.00 bits per heavy atom. The van der Waals surface area contributed by atoms with Gasteiger partial charge in [-0.2, -0.15) is 22.7 Å². The first kappa shape index (κ1) is 14.7. The number of carbonyl (C=O) groups excluding carboxylic acids is 1. The van der Waals surface area contributed by atoms with Crippen molar-refractivity contribution in [2.24, 2.45) is 0 Å². The second kappa shape index (κ2) is 8.72. The van der Waals surface area contributed by atoms with Gasteiger partial charge in [-0.1, -0.05) is 13.3 Å². The van der Waals surface area contributed by atoms with Gasteiger partial charge in [0.15, 0.2) is 0 Å². The lowest BCUT2D eigenvalue weighted by Gasteiger charge is -2.00. The minimum atomic E-state index is 0.121. The Hall–Kier alpha value is -1.33. The topological polar surface area (TPSA) is 55.1 Å². The first-order valence-electron chi connectivity index (χ1n) is 5.82. The molecule has 0 aliphatic rings. The van der Waals surface area contributed by atoms with E-state index in [0.29, 0.717) is 6.42 Å². The molecule has 0 unspecified atom stereocenters. The standard InChI is InChI=1S/C9H13NOS.C4H5NS/c1-2-3-4-9(11)10-8-5-6-12-7-8;5-4-1-2-6-3-4/h5-7H,2-4H2,1H3,(H,10,11);1-3H,5H2. The first-order valence-corrected chi connectivity index (χ1v) is 7.70. The van der Waals surface area contributed by atoms with Gasteiger partial charge in [-0.15, -0.1) is 0 Å². The molecule has 2 rings (SSSR count). The van der Waals surface area contributed by atoms with E-state index in [1.54, 1.807) is 22.7 Å². The molecule has 18 heavy (non-hydrogen) atoms. The summed E-state index contributed by atoms with van der Waals surface area (Å²) in [6.45, 7) is 2.08. The summed E-state index contributed by atoms with van der Waals surface area (Å²) in [6.07, 6.45) is 2.67. The highest BCUT2D eigenvalue weighted by atomic mass is 32.1. The molecule has 2 aromatic heterocycles. The Kier molecular flexibility index (Phi) is 7.13. The van der Waals surface area contributed by atoms with Gasteiger partial charge in [0.2, 0.25) is 5.91 Å². The molecule has 3 N–H and O–H groups in total. The van der Waals surface area contributed by atoms with E-state index >= 15 is 0 Å². The smallest absolute Gasteiger partial charge is 0.224 e. The normalized spacial score (nSPS) is 9.39. The zero-order chi connectivity index (χ0) is 13.2. The Morgan fingerprint density at radius 1 is 1.28 bits per heavy atom. The molecule has 0 fully saturated rings. The third-order valence-corrected chi connectivity index (χ3v) is 3.49. The van der Waals surface area contributed by atoms with Gasteiger partial charge >= 0.3 is 0 Å². The Labute approximate surface area is 116 Å². The van der Waals surface area contributed by atoms with Crippen LogP contribution in [-0.2, 0) is 4.79 Å². The van der Waals surface area contributed by atoms with Gasteiger partial charge in [0.05, 0.1) is 5.69 Å². The molecule has 98 valence electrons. The molecule has 3 nitrogen and oxygen atoms in total. The fourth-order valence-electron chi connectivity index (χ4n) is 1.17.